The molecule has 7 heteroatoms. The summed E-state index contributed by atoms with van der Waals surface area (Å²) in [6, 6.07) is 26.6. The maximum atomic E-state index is 13.5. The van der Waals surface area contributed by atoms with E-state index in [1.807, 2.05) is 48.5 Å². The first-order chi connectivity index (χ1) is 16.9. The van der Waals surface area contributed by atoms with Gasteiger partial charge in [0.05, 0.1) is 11.0 Å². The number of aromatic nitrogens is 2. The minimum Gasteiger partial charge on any atom is -0.338 e. The maximum absolute atomic E-state index is 13.5. The van der Waals surface area contributed by atoms with Crippen molar-refractivity contribution >= 4 is 34.2 Å². The molecule has 6 nitrogen and oxygen atoms in total. The summed E-state index contributed by atoms with van der Waals surface area (Å²) in [4.78, 5) is 31.7. The van der Waals surface area contributed by atoms with E-state index in [-0.39, 0.29) is 17.6 Å². The predicted octanol–water partition coefficient (Wildman–Crippen LogP) is 6.25. The predicted molar refractivity (Wildman–Crippen MR) is 136 cm³/mol. The van der Waals surface area contributed by atoms with Crippen LogP contribution < -0.4 is 10.6 Å². The minimum atomic E-state index is -0.310. The molecule has 0 aliphatic carbocycles. The molecule has 3 N–H and O–H groups in total. The number of fused-ring (bicyclic) bond motifs is 1. The van der Waals surface area contributed by atoms with E-state index in [9.17, 15) is 14.0 Å². The molecule has 5 aromatic rings. The van der Waals surface area contributed by atoms with Crippen molar-refractivity contribution in [1.29, 1.82) is 0 Å². The minimum absolute atomic E-state index is 0.199. The topological polar surface area (TPSA) is 86.9 Å². The number of nitrogens with one attached hydrogen (secondary N) is 3. The third kappa shape index (κ3) is 4.94. The molecule has 0 spiro atoms. The van der Waals surface area contributed by atoms with Crippen LogP contribution in [0.25, 0.3) is 33.5 Å². The van der Waals surface area contributed by atoms with E-state index < -0.39 is 0 Å². The van der Waals surface area contributed by atoms with Crippen LogP contribution in [0.2, 0.25) is 0 Å². The molecule has 0 aliphatic rings. The lowest BCUT2D eigenvalue weighted by Crippen LogP contribution is -2.13. The van der Waals surface area contributed by atoms with E-state index in [1.165, 1.54) is 19.1 Å². The molecule has 0 radical (unpaired) electrons. The molecule has 0 atom stereocenters. The molecule has 0 saturated heterocycles. The van der Waals surface area contributed by atoms with Gasteiger partial charge in [0.1, 0.15) is 11.6 Å². The highest BCUT2D eigenvalue weighted by Gasteiger charge is 2.10. The van der Waals surface area contributed by atoms with E-state index in [4.69, 9.17) is 0 Å². The molecule has 0 saturated carbocycles. The SMILES string of the molecule is CC(=O)Nc1cccc(C(=O)Nc2cccc(-c3ccc(-c4nc5ccc(F)cc5[nH]4)cc3)c2)c1. The van der Waals surface area contributed by atoms with Crippen LogP contribution in [0.1, 0.15) is 17.3 Å². The quantitative estimate of drug-likeness (QED) is 0.287. The highest BCUT2D eigenvalue weighted by Crippen LogP contribution is 2.27. The summed E-state index contributed by atoms with van der Waals surface area (Å²) in [6.07, 6.45) is 0. The second-order valence-corrected chi connectivity index (χ2v) is 8.12. The van der Waals surface area contributed by atoms with Gasteiger partial charge in [0.2, 0.25) is 5.91 Å². The first-order valence-corrected chi connectivity index (χ1v) is 11.0. The Bertz CT molecular complexity index is 1560. The number of benzene rings is 4. The Balaban J connectivity index is 1.34. The molecule has 0 aliphatic heterocycles. The van der Waals surface area contributed by atoms with Gasteiger partial charge in [0, 0.05) is 29.4 Å². The number of anilines is 2. The Labute approximate surface area is 200 Å². The van der Waals surface area contributed by atoms with E-state index in [0.717, 1.165) is 16.7 Å². The van der Waals surface area contributed by atoms with Crippen LogP contribution in [0.15, 0.2) is 91.0 Å². The molecule has 0 unspecified atom stereocenters. The van der Waals surface area contributed by atoms with Gasteiger partial charge in [-0.3, -0.25) is 9.59 Å². The number of halogens is 1. The zero-order valence-electron chi connectivity index (χ0n) is 18.8. The third-order valence-electron chi connectivity index (χ3n) is 5.50. The lowest BCUT2D eigenvalue weighted by molar-refractivity contribution is -0.114. The molecule has 172 valence electrons. The van der Waals surface area contributed by atoms with Gasteiger partial charge in [0.15, 0.2) is 0 Å². The lowest BCUT2D eigenvalue weighted by atomic mass is 10.0. The first-order valence-electron chi connectivity index (χ1n) is 11.0. The van der Waals surface area contributed by atoms with Crippen molar-refractivity contribution in [1.82, 2.24) is 9.97 Å². The van der Waals surface area contributed by atoms with Crippen LogP contribution in [0.4, 0.5) is 15.8 Å². The van der Waals surface area contributed by atoms with Gasteiger partial charge in [-0.15, -0.1) is 0 Å². The first kappa shape index (κ1) is 22.0. The standard InChI is InChI=1S/C28H21FN4O2/c1-17(34)30-23-6-3-5-21(15-23)28(35)31-24-7-2-4-20(14-24)18-8-10-19(11-9-18)27-32-25-13-12-22(29)16-26(25)33-27/h2-16H,1H3,(H,30,34)(H,31,35)(H,32,33). The summed E-state index contributed by atoms with van der Waals surface area (Å²) >= 11 is 0. The largest absolute Gasteiger partial charge is 0.338 e. The highest BCUT2D eigenvalue weighted by molar-refractivity contribution is 6.05. The monoisotopic (exact) mass is 464 g/mol. The maximum Gasteiger partial charge on any atom is 0.255 e. The van der Waals surface area contributed by atoms with Crippen LogP contribution in [0.3, 0.4) is 0 Å². The summed E-state index contributed by atoms with van der Waals surface area (Å²) in [7, 11) is 0. The van der Waals surface area contributed by atoms with E-state index in [2.05, 4.69) is 20.6 Å². The van der Waals surface area contributed by atoms with Gasteiger partial charge < -0.3 is 15.6 Å². The molecule has 1 aromatic heterocycles. The van der Waals surface area contributed by atoms with Crippen LogP contribution >= 0.6 is 0 Å². The molecule has 1 heterocycles. The Hall–Kier alpha value is -4.78. The van der Waals surface area contributed by atoms with Crippen LogP contribution in [0, 0.1) is 5.82 Å². The summed E-state index contributed by atoms with van der Waals surface area (Å²) < 4.78 is 13.5. The molecule has 35 heavy (non-hydrogen) atoms. The molecular formula is C28H21FN4O2. The van der Waals surface area contributed by atoms with E-state index >= 15 is 0 Å². The fourth-order valence-corrected chi connectivity index (χ4v) is 3.86. The van der Waals surface area contributed by atoms with Gasteiger partial charge in [-0.25, -0.2) is 9.37 Å². The molecule has 2 amide bonds. The van der Waals surface area contributed by atoms with Crippen LogP contribution in [0.5, 0.6) is 0 Å². The van der Waals surface area contributed by atoms with Crippen molar-refractivity contribution in [2.75, 3.05) is 10.6 Å². The van der Waals surface area contributed by atoms with Gasteiger partial charge in [0.25, 0.3) is 5.91 Å². The average molecular weight is 465 g/mol. The number of carbonyl (C=O) groups excluding carboxylic acids is 2. The molecular weight excluding hydrogens is 443 g/mol. The summed E-state index contributed by atoms with van der Waals surface area (Å²) in [5, 5.41) is 5.59. The molecule has 5 rings (SSSR count). The Kier molecular flexibility index (Phi) is 5.81. The number of H-pyrrole nitrogens is 1. The Morgan fingerprint density at radius 2 is 1.49 bits per heavy atom. The van der Waals surface area contributed by atoms with Crippen molar-refractivity contribution < 1.29 is 14.0 Å². The van der Waals surface area contributed by atoms with Crippen molar-refractivity contribution in [3.8, 4) is 22.5 Å². The van der Waals surface area contributed by atoms with E-state index in [1.54, 1.807) is 30.3 Å². The van der Waals surface area contributed by atoms with Crippen molar-refractivity contribution in [3.63, 3.8) is 0 Å². The van der Waals surface area contributed by atoms with Crippen molar-refractivity contribution in [3.05, 3.63) is 102 Å². The van der Waals surface area contributed by atoms with Crippen LogP contribution in [-0.4, -0.2) is 21.8 Å². The number of aromatic amines is 1. The highest BCUT2D eigenvalue weighted by atomic mass is 19.1. The Morgan fingerprint density at radius 3 is 2.26 bits per heavy atom. The number of carbonyl (C=O) groups is 2. The summed E-state index contributed by atoms with van der Waals surface area (Å²) in [5.74, 6) is -0.114. The number of imidazole rings is 1. The smallest absolute Gasteiger partial charge is 0.255 e. The average Bonchev–Trinajstić information content (AvgIpc) is 3.27. The number of nitrogens with zero attached hydrogens (tertiary/aromatic N) is 1. The third-order valence-corrected chi connectivity index (χ3v) is 5.50. The van der Waals surface area contributed by atoms with E-state index in [0.29, 0.717) is 33.8 Å². The van der Waals surface area contributed by atoms with Crippen molar-refractivity contribution in [2.45, 2.75) is 6.92 Å². The fourth-order valence-electron chi connectivity index (χ4n) is 3.86. The normalized spacial score (nSPS) is 10.8. The van der Waals surface area contributed by atoms with Gasteiger partial charge in [-0.05, 0) is 59.7 Å². The Morgan fingerprint density at radius 1 is 0.771 bits per heavy atom. The van der Waals surface area contributed by atoms with Gasteiger partial charge in [-0.2, -0.15) is 0 Å². The van der Waals surface area contributed by atoms with Crippen molar-refractivity contribution in [2.24, 2.45) is 0 Å². The zero-order valence-corrected chi connectivity index (χ0v) is 18.8. The molecule has 0 bridgehead atoms. The van der Waals surface area contributed by atoms with Crippen LogP contribution in [-0.2, 0) is 4.79 Å². The molecule has 0 fully saturated rings. The second kappa shape index (κ2) is 9.23. The second-order valence-electron chi connectivity index (χ2n) is 8.12. The number of amides is 2. The molecule has 4 aromatic carbocycles. The number of hydrogen-bond acceptors (Lipinski definition) is 3. The van der Waals surface area contributed by atoms with Gasteiger partial charge >= 0.3 is 0 Å². The number of hydrogen-bond donors (Lipinski definition) is 3. The summed E-state index contributed by atoms with van der Waals surface area (Å²) in [5.41, 5.74) is 5.80. The van der Waals surface area contributed by atoms with Gasteiger partial charge in [-0.1, -0.05) is 42.5 Å². The number of rotatable bonds is 5. The zero-order chi connectivity index (χ0) is 24.4. The summed E-state index contributed by atoms with van der Waals surface area (Å²) in [6.45, 7) is 1.42. The lowest BCUT2D eigenvalue weighted by Gasteiger charge is -2.09. The fraction of sp³-hybridized carbons (Fsp3) is 0.0357.